The molecule has 0 radical (unpaired) electrons. The number of ether oxygens (including phenoxy) is 2. The van der Waals surface area contributed by atoms with E-state index in [0.717, 1.165) is 11.6 Å². The van der Waals surface area contributed by atoms with E-state index >= 15 is 0 Å². The lowest BCUT2D eigenvalue weighted by Gasteiger charge is -2.22. The summed E-state index contributed by atoms with van der Waals surface area (Å²) in [6.45, 7) is 0.454. The Kier molecular flexibility index (Phi) is 6.24. The van der Waals surface area contributed by atoms with E-state index in [1.165, 1.54) is 12.1 Å². The number of sulfonamides is 1. The molecular weight excluding hydrogens is 374 g/mol. The number of non-ortho nitro benzene ring substituents is 1. The number of methoxy groups -OCH3 is 2. The third-order valence-corrected chi connectivity index (χ3v) is 5.00. The van der Waals surface area contributed by atoms with E-state index in [9.17, 15) is 18.5 Å². The van der Waals surface area contributed by atoms with Crippen LogP contribution in [0.3, 0.4) is 0 Å². The summed E-state index contributed by atoms with van der Waals surface area (Å²) in [5.41, 5.74) is 0.915. The zero-order chi connectivity index (χ0) is 20.2. The van der Waals surface area contributed by atoms with Gasteiger partial charge < -0.3 is 14.4 Å². The molecule has 0 spiro atoms. The van der Waals surface area contributed by atoms with E-state index in [-0.39, 0.29) is 10.6 Å². The molecule has 0 aromatic heterocycles. The Morgan fingerprint density at radius 3 is 2.33 bits per heavy atom. The van der Waals surface area contributed by atoms with Gasteiger partial charge in [-0.1, -0.05) is 6.07 Å². The molecule has 0 aliphatic heterocycles. The fraction of sp³-hybridized carbons (Fsp3) is 0.294. The molecule has 0 atom stereocenters. The Balaban J connectivity index is 2.26. The molecule has 0 unspecified atom stereocenters. The second-order valence-corrected chi connectivity index (χ2v) is 7.34. The van der Waals surface area contributed by atoms with Crippen LogP contribution >= 0.6 is 0 Å². The largest absolute Gasteiger partial charge is 0.493 e. The van der Waals surface area contributed by atoms with Crippen LogP contribution in [-0.4, -0.2) is 41.2 Å². The van der Waals surface area contributed by atoms with Crippen LogP contribution in [0.1, 0.15) is 5.56 Å². The molecule has 2 rings (SSSR count). The van der Waals surface area contributed by atoms with Crippen molar-refractivity contribution in [3.8, 4) is 11.5 Å². The third kappa shape index (κ3) is 4.86. The fourth-order valence-corrected chi connectivity index (χ4v) is 3.41. The van der Waals surface area contributed by atoms with E-state index in [0.29, 0.717) is 30.2 Å². The van der Waals surface area contributed by atoms with E-state index < -0.39 is 14.9 Å². The number of hydrogen-bond donors (Lipinski definition) is 1. The lowest BCUT2D eigenvalue weighted by molar-refractivity contribution is -0.385. The standard InChI is InChI=1S/C17H21N3O6S/c1-19(9-8-12-4-7-15(25-2)16(10-12)26-3)14-6-5-13(20(21)22)11-17(14)27(18,23)24/h4-7,10-11H,8-9H2,1-3H3,(H2,18,23,24). The molecule has 10 heteroatoms. The third-order valence-electron chi connectivity index (χ3n) is 4.06. The number of anilines is 1. The van der Waals surface area contributed by atoms with Gasteiger partial charge in [0.15, 0.2) is 11.5 Å². The van der Waals surface area contributed by atoms with Gasteiger partial charge >= 0.3 is 0 Å². The van der Waals surface area contributed by atoms with Crippen LogP contribution in [0.25, 0.3) is 0 Å². The van der Waals surface area contributed by atoms with Crippen molar-refractivity contribution in [1.29, 1.82) is 0 Å². The summed E-state index contributed by atoms with van der Waals surface area (Å²) in [5, 5.41) is 16.2. The average Bonchev–Trinajstić information content (AvgIpc) is 2.64. The first-order chi connectivity index (χ1) is 12.7. The van der Waals surface area contributed by atoms with Gasteiger partial charge in [0.25, 0.3) is 5.69 Å². The van der Waals surface area contributed by atoms with Crippen LogP contribution < -0.4 is 19.5 Å². The number of nitro groups is 1. The Labute approximate surface area is 157 Å². The van der Waals surface area contributed by atoms with Crippen molar-refractivity contribution < 1.29 is 22.8 Å². The summed E-state index contributed by atoms with van der Waals surface area (Å²) in [6.07, 6.45) is 0.581. The molecule has 2 N–H and O–H groups in total. The summed E-state index contributed by atoms with van der Waals surface area (Å²) in [6, 6.07) is 9.10. The van der Waals surface area contributed by atoms with Gasteiger partial charge in [0.2, 0.25) is 10.0 Å². The first kappa shape index (κ1) is 20.5. The second kappa shape index (κ2) is 8.23. The average molecular weight is 395 g/mol. The Hall–Kier alpha value is -2.85. The zero-order valence-electron chi connectivity index (χ0n) is 15.2. The molecule has 9 nitrogen and oxygen atoms in total. The number of benzene rings is 2. The van der Waals surface area contributed by atoms with E-state index in [2.05, 4.69) is 0 Å². The highest BCUT2D eigenvalue weighted by molar-refractivity contribution is 7.89. The van der Waals surface area contributed by atoms with Gasteiger partial charge in [0.1, 0.15) is 4.90 Å². The molecule has 0 bridgehead atoms. The van der Waals surface area contributed by atoms with Gasteiger partial charge in [-0.25, -0.2) is 13.6 Å². The number of nitro benzene ring substituents is 1. The lowest BCUT2D eigenvalue weighted by atomic mass is 10.1. The summed E-state index contributed by atoms with van der Waals surface area (Å²) < 4.78 is 34.2. The summed E-state index contributed by atoms with van der Waals surface area (Å²) >= 11 is 0. The number of hydrogen-bond acceptors (Lipinski definition) is 7. The Bertz CT molecular complexity index is 946. The summed E-state index contributed by atoms with van der Waals surface area (Å²) in [7, 11) is 0.666. The van der Waals surface area contributed by atoms with Crippen molar-refractivity contribution in [3.63, 3.8) is 0 Å². The van der Waals surface area contributed by atoms with Gasteiger partial charge in [0.05, 0.1) is 24.8 Å². The van der Waals surface area contributed by atoms with E-state index in [1.807, 2.05) is 12.1 Å². The molecular formula is C17H21N3O6S. The van der Waals surface area contributed by atoms with Crippen LogP contribution in [0.15, 0.2) is 41.3 Å². The molecule has 146 valence electrons. The number of nitrogens with zero attached hydrogens (tertiary/aromatic N) is 2. The van der Waals surface area contributed by atoms with E-state index in [4.69, 9.17) is 14.6 Å². The SMILES string of the molecule is COc1ccc(CCN(C)c2ccc([N+](=O)[O-])cc2S(N)(=O)=O)cc1OC. The lowest BCUT2D eigenvalue weighted by Crippen LogP contribution is -2.24. The Morgan fingerprint density at radius 2 is 1.78 bits per heavy atom. The smallest absolute Gasteiger partial charge is 0.270 e. The molecule has 0 saturated heterocycles. The van der Waals surface area contributed by atoms with Crippen LogP contribution in [0.4, 0.5) is 11.4 Å². The van der Waals surface area contributed by atoms with Crippen molar-refractivity contribution >= 4 is 21.4 Å². The van der Waals surface area contributed by atoms with E-state index in [1.54, 1.807) is 32.2 Å². The molecule has 27 heavy (non-hydrogen) atoms. The predicted octanol–water partition coefficient (Wildman–Crippen LogP) is 1.94. The molecule has 2 aromatic rings. The minimum absolute atomic E-state index is 0.286. The fourth-order valence-electron chi connectivity index (χ4n) is 2.61. The minimum atomic E-state index is -4.12. The van der Waals surface area contributed by atoms with Gasteiger partial charge in [-0.05, 0) is 30.2 Å². The van der Waals surface area contributed by atoms with Gasteiger partial charge in [0, 0.05) is 25.7 Å². The van der Waals surface area contributed by atoms with Crippen LogP contribution in [0.2, 0.25) is 0 Å². The number of likely N-dealkylation sites (N-methyl/N-ethyl adjacent to an activating group) is 1. The quantitative estimate of drug-likeness (QED) is 0.535. The highest BCUT2D eigenvalue weighted by atomic mass is 32.2. The van der Waals surface area contributed by atoms with Crippen LogP contribution in [0.5, 0.6) is 11.5 Å². The van der Waals surface area contributed by atoms with Crippen molar-refractivity contribution in [2.24, 2.45) is 5.14 Å². The number of rotatable bonds is 8. The van der Waals surface area contributed by atoms with Crippen molar-refractivity contribution in [3.05, 3.63) is 52.1 Å². The van der Waals surface area contributed by atoms with Crippen molar-refractivity contribution in [2.45, 2.75) is 11.3 Å². The molecule has 0 fully saturated rings. The highest BCUT2D eigenvalue weighted by Crippen LogP contribution is 2.30. The van der Waals surface area contributed by atoms with Crippen LogP contribution in [0, 0.1) is 10.1 Å². The predicted molar refractivity (Wildman–Crippen MR) is 101 cm³/mol. The second-order valence-electron chi connectivity index (χ2n) is 5.82. The number of primary sulfonamides is 1. The maximum absolute atomic E-state index is 11.9. The minimum Gasteiger partial charge on any atom is -0.493 e. The first-order valence-corrected chi connectivity index (χ1v) is 9.45. The molecule has 2 aromatic carbocycles. The number of nitrogens with two attached hydrogens (primary N) is 1. The first-order valence-electron chi connectivity index (χ1n) is 7.90. The normalized spacial score (nSPS) is 11.1. The Morgan fingerprint density at radius 1 is 1.11 bits per heavy atom. The van der Waals surface area contributed by atoms with Gasteiger partial charge in [-0.3, -0.25) is 10.1 Å². The van der Waals surface area contributed by atoms with Gasteiger partial charge in [-0.15, -0.1) is 0 Å². The van der Waals surface area contributed by atoms with Crippen LogP contribution in [-0.2, 0) is 16.4 Å². The maximum atomic E-state index is 11.9. The topological polar surface area (TPSA) is 125 Å². The highest BCUT2D eigenvalue weighted by Gasteiger charge is 2.21. The molecule has 0 amide bonds. The molecule has 0 saturated carbocycles. The molecule has 0 aliphatic carbocycles. The molecule has 0 heterocycles. The van der Waals surface area contributed by atoms with Crippen molar-refractivity contribution in [1.82, 2.24) is 0 Å². The maximum Gasteiger partial charge on any atom is 0.270 e. The summed E-state index contributed by atoms with van der Waals surface area (Å²) in [4.78, 5) is 11.6. The van der Waals surface area contributed by atoms with Crippen molar-refractivity contribution in [2.75, 3.05) is 32.7 Å². The molecule has 0 aliphatic rings. The summed E-state index contributed by atoms with van der Waals surface area (Å²) in [5.74, 6) is 1.21. The van der Waals surface area contributed by atoms with Gasteiger partial charge in [-0.2, -0.15) is 0 Å². The zero-order valence-corrected chi connectivity index (χ0v) is 16.0. The monoisotopic (exact) mass is 395 g/mol.